The van der Waals surface area contributed by atoms with Crippen molar-refractivity contribution in [1.29, 1.82) is 0 Å². The minimum Gasteiger partial charge on any atom is -0.398 e. The molecule has 0 fully saturated rings. The maximum Gasteiger partial charge on any atom is 0.221 e. The molecule has 0 unspecified atom stereocenters. The Kier molecular flexibility index (Phi) is 3.10. The number of carbonyl (C=O) groups is 1. The molecular formula is C14H14N2O. The van der Waals surface area contributed by atoms with Crippen molar-refractivity contribution in [3.63, 3.8) is 0 Å². The summed E-state index contributed by atoms with van der Waals surface area (Å²) in [6.07, 6.45) is 0. The van der Waals surface area contributed by atoms with Crippen LogP contribution in [-0.2, 0) is 4.79 Å². The molecule has 0 aliphatic heterocycles. The molecule has 3 heteroatoms. The number of anilines is 2. The predicted octanol–water partition coefficient (Wildman–Crippen LogP) is 2.89. The number of nitrogen functional groups attached to an aromatic ring is 1. The van der Waals surface area contributed by atoms with Gasteiger partial charge >= 0.3 is 0 Å². The Bertz CT molecular complexity index is 549. The molecule has 0 heterocycles. The SMILES string of the molecule is CC(=O)Nc1cccc(-c2ccccc2N)c1. The molecule has 0 atom stereocenters. The maximum atomic E-state index is 11.0. The van der Waals surface area contributed by atoms with Crippen molar-refractivity contribution in [1.82, 2.24) is 0 Å². The normalized spacial score (nSPS) is 9.94. The van der Waals surface area contributed by atoms with Gasteiger partial charge in [0.15, 0.2) is 0 Å². The molecule has 0 aromatic heterocycles. The van der Waals surface area contributed by atoms with Crippen LogP contribution in [0.4, 0.5) is 11.4 Å². The van der Waals surface area contributed by atoms with Crippen LogP contribution in [0.3, 0.4) is 0 Å². The van der Waals surface area contributed by atoms with Crippen molar-refractivity contribution >= 4 is 17.3 Å². The van der Waals surface area contributed by atoms with Crippen molar-refractivity contribution < 1.29 is 4.79 Å². The number of nitrogens with one attached hydrogen (secondary N) is 1. The monoisotopic (exact) mass is 226 g/mol. The average molecular weight is 226 g/mol. The zero-order valence-electron chi connectivity index (χ0n) is 9.60. The van der Waals surface area contributed by atoms with Crippen LogP contribution in [0.15, 0.2) is 48.5 Å². The maximum absolute atomic E-state index is 11.0. The van der Waals surface area contributed by atoms with Gasteiger partial charge in [0.1, 0.15) is 0 Å². The molecule has 2 rings (SSSR count). The van der Waals surface area contributed by atoms with Gasteiger partial charge in [0, 0.05) is 23.9 Å². The van der Waals surface area contributed by atoms with Gasteiger partial charge in [0.05, 0.1) is 0 Å². The minimum atomic E-state index is -0.0804. The van der Waals surface area contributed by atoms with E-state index < -0.39 is 0 Å². The van der Waals surface area contributed by atoms with Gasteiger partial charge < -0.3 is 11.1 Å². The third kappa shape index (κ3) is 2.64. The summed E-state index contributed by atoms with van der Waals surface area (Å²) >= 11 is 0. The van der Waals surface area contributed by atoms with Gasteiger partial charge in [-0.3, -0.25) is 4.79 Å². The van der Waals surface area contributed by atoms with Gasteiger partial charge in [-0.1, -0.05) is 30.3 Å². The Balaban J connectivity index is 2.40. The molecule has 0 radical (unpaired) electrons. The fourth-order valence-electron chi connectivity index (χ4n) is 1.73. The third-order valence-electron chi connectivity index (χ3n) is 2.45. The number of hydrogen-bond donors (Lipinski definition) is 2. The molecule has 3 N–H and O–H groups in total. The van der Waals surface area contributed by atoms with Gasteiger partial charge in [-0.2, -0.15) is 0 Å². The van der Waals surface area contributed by atoms with E-state index in [1.807, 2.05) is 48.5 Å². The molecule has 0 bridgehead atoms. The highest BCUT2D eigenvalue weighted by Crippen LogP contribution is 2.27. The summed E-state index contributed by atoms with van der Waals surface area (Å²) in [5.41, 5.74) is 9.39. The first-order valence-corrected chi connectivity index (χ1v) is 5.39. The summed E-state index contributed by atoms with van der Waals surface area (Å²) in [5, 5.41) is 2.75. The zero-order chi connectivity index (χ0) is 12.3. The molecule has 0 aliphatic carbocycles. The van der Waals surface area contributed by atoms with Crippen LogP contribution in [0.1, 0.15) is 6.92 Å². The van der Waals surface area contributed by atoms with E-state index in [9.17, 15) is 4.79 Å². The minimum absolute atomic E-state index is 0.0804. The second-order valence-electron chi connectivity index (χ2n) is 3.85. The Morgan fingerprint density at radius 1 is 1.12 bits per heavy atom. The summed E-state index contributed by atoms with van der Waals surface area (Å²) < 4.78 is 0. The van der Waals surface area contributed by atoms with E-state index in [4.69, 9.17) is 5.73 Å². The number of carbonyl (C=O) groups excluding carboxylic acids is 1. The standard InChI is InChI=1S/C14H14N2O/c1-10(17)16-12-6-4-5-11(9-12)13-7-2-3-8-14(13)15/h2-9H,15H2,1H3,(H,16,17). The Morgan fingerprint density at radius 3 is 2.59 bits per heavy atom. The van der Waals surface area contributed by atoms with E-state index in [1.165, 1.54) is 6.92 Å². The van der Waals surface area contributed by atoms with Crippen LogP contribution in [0.2, 0.25) is 0 Å². The van der Waals surface area contributed by atoms with E-state index in [0.717, 1.165) is 22.5 Å². The van der Waals surface area contributed by atoms with Gasteiger partial charge in [-0.15, -0.1) is 0 Å². The number of para-hydroxylation sites is 1. The van der Waals surface area contributed by atoms with E-state index in [1.54, 1.807) is 0 Å². The van der Waals surface area contributed by atoms with E-state index in [2.05, 4.69) is 5.32 Å². The predicted molar refractivity (Wildman–Crippen MR) is 70.6 cm³/mol. The van der Waals surface area contributed by atoms with E-state index in [-0.39, 0.29) is 5.91 Å². The van der Waals surface area contributed by atoms with Crippen LogP contribution in [0, 0.1) is 0 Å². The lowest BCUT2D eigenvalue weighted by molar-refractivity contribution is -0.114. The van der Waals surface area contributed by atoms with Crippen LogP contribution in [-0.4, -0.2) is 5.91 Å². The van der Waals surface area contributed by atoms with Crippen molar-refractivity contribution in [2.45, 2.75) is 6.92 Å². The molecule has 86 valence electrons. The largest absolute Gasteiger partial charge is 0.398 e. The highest BCUT2D eigenvalue weighted by molar-refractivity contribution is 5.90. The van der Waals surface area contributed by atoms with Crippen molar-refractivity contribution in [3.8, 4) is 11.1 Å². The molecule has 1 amide bonds. The first kappa shape index (κ1) is 11.2. The molecule has 0 aliphatic rings. The smallest absolute Gasteiger partial charge is 0.221 e. The fourth-order valence-corrected chi connectivity index (χ4v) is 1.73. The van der Waals surface area contributed by atoms with Crippen LogP contribution in [0.25, 0.3) is 11.1 Å². The highest BCUT2D eigenvalue weighted by Gasteiger charge is 2.03. The lowest BCUT2D eigenvalue weighted by atomic mass is 10.0. The number of rotatable bonds is 2. The van der Waals surface area contributed by atoms with Gasteiger partial charge in [0.2, 0.25) is 5.91 Å². The Labute approximate surface area is 100 Å². The lowest BCUT2D eigenvalue weighted by Gasteiger charge is -2.08. The molecule has 0 saturated carbocycles. The van der Waals surface area contributed by atoms with Gasteiger partial charge in [-0.05, 0) is 23.8 Å². The fraction of sp³-hybridized carbons (Fsp3) is 0.0714. The van der Waals surface area contributed by atoms with Crippen molar-refractivity contribution in [3.05, 3.63) is 48.5 Å². The van der Waals surface area contributed by atoms with E-state index >= 15 is 0 Å². The van der Waals surface area contributed by atoms with Crippen LogP contribution >= 0.6 is 0 Å². The van der Waals surface area contributed by atoms with Crippen LogP contribution in [0.5, 0.6) is 0 Å². The molecule has 0 saturated heterocycles. The summed E-state index contributed by atoms with van der Waals surface area (Å²) in [5.74, 6) is -0.0804. The Hall–Kier alpha value is -2.29. The summed E-state index contributed by atoms with van der Waals surface area (Å²) in [6.45, 7) is 1.49. The zero-order valence-corrected chi connectivity index (χ0v) is 9.60. The number of nitrogens with two attached hydrogens (primary N) is 1. The molecule has 17 heavy (non-hydrogen) atoms. The first-order chi connectivity index (χ1) is 8.16. The topological polar surface area (TPSA) is 55.1 Å². The quantitative estimate of drug-likeness (QED) is 0.773. The van der Waals surface area contributed by atoms with Gasteiger partial charge in [-0.25, -0.2) is 0 Å². The second kappa shape index (κ2) is 4.70. The van der Waals surface area contributed by atoms with Crippen molar-refractivity contribution in [2.75, 3.05) is 11.1 Å². The summed E-state index contributed by atoms with van der Waals surface area (Å²) in [7, 11) is 0. The summed E-state index contributed by atoms with van der Waals surface area (Å²) in [4.78, 5) is 11.0. The second-order valence-corrected chi connectivity index (χ2v) is 3.85. The molecule has 3 nitrogen and oxygen atoms in total. The van der Waals surface area contributed by atoms with Gasteiger partial charge in [0.25, 0.3) is 0 Å². The number of benzene rings is 2. The number of amides is 1. The molecular weight excluding hydrogens is 212 g/mol. The van der Waals surface area contributed by atoms with E-state index in [0.29, 0.717) is 0 Å². The molecule has 2 aromatic rings. The van der Waals surface area contributed by atoms with Crippen molar-refractivity contribution in [2.24, 2.45) is 0 Å². The third-order valence-corrected chi connectivity index (χ3v) is 2.45. The lowest BCUT2D eigenvalue weighted by Crippen LogP contribution is -2.05. The molecule has 0 spiro atoms. The highest BCUT2D eigenvalue weighted by atomic mass is 16.1. The van der Waals surface area contributed by atoms with Crippen LogP contribution < -0.4 is 11.1 Å². The number of hydrogen-bond acceptors (Lipinski definition) is 2. The first-order valence-electron chi connectivity index (χ1n) is 5.39. The molecule has 2 aromatic carbocycles. The average Bonchev–Trinajstić information content (AvgIpc) is 2.29. The summed E-state index contributed by atoms with van der Waals surface area (Å²) in [6, 6.07) is 15.3. The Morgan fingerprint density at radius 2 is 1.88 bits per heavy atom.